The zero-order valence-corrected chi connectivity index (χ0v) is 14.5. The molecule has 1 heterocycles. The van der Waals surface area contributed by atoms with Gasteiger partial charge in [0.1, 0.15) is 6.54 Å². The molecule has 0 aliphatic rings. The van der Waals surface area contributed by atoms with Gasteiger partial charge >= 0.3 is 0 Å². The lowest BCUT2D eigenvalue weighted by Crippen LogP contribution is -3.15. The molecule has 1 unspecified atom stereocenters. The molecule has 132 valence electrons. The van der Waals surface area contributed by atoms with E-state index in [0.29, 0.717) is 12.1 Å². The van der Waals surface area contributed by atoms with Gasteiger partial charge in [0.2, 0.25) is 11.9 Å². The third kappa shape index (κ3) is 4.26. The highest BCUT2D eigenvalue weighted by atomic mass is 16.3. The van der Waals surface area contributed by atoms with E-state index in [9.17, 15) is 9.59 Å². The summed E-state index contributed by atoms with van der Waals surface area (Å²) in [6.45, 7) is 0.600. The monoisotopic (exact) mass is 349 g/mol. The van der Waals surface area contributed by atoms with Gasteiger partial charge in [-0.15, -0.1) is 0 Å². The second kappa shape index (κ2) is 8.27. The Labute approximate surface area is 152 Å². The van der Waals surface area contributed by atoms with Crippen molar-refractivity contribution < 1.29 is 18.9 Å². The number of quaternary nitrogens is 1. The minimum atomic E-state index is -0.727. The van der Waals surface area contributed by atoms with Crippen molar-refractivity contribution in [1.82, 2.24) is 5.32 Å². The Balaban J connectivity index is 1.82. The number of benzene rings is 2. The number of hydrogen-bond donors (Lipinski definition) is 2. The molecule has 3 rings (SSSR count). The molecule has 26 heavy (non-hydrogen) atoms. The van der Waals surface area contributed by atoms with Crippen molar-refractivity contribution in [2.75, 3.05) is 7.05 Å². The van der Waals surface area contributed by atoms with E-state index in [1.165, 1.54) is 6.26 Å². The fraction of sp³-hybridized carbons (Fsp3) is 0.143. The van der Waals surface area contributed by atoms with E-state index in [4.69, 9.17) is 4.42 Å². The van der Waals surface area contributed by atoms with Gasteiger partial charge in [-0.1, -0.05) is 60.7 Å². The summed E-state index contributed by atoms with van der Waals surface area (Å²) in [6.07, 6.45) is 0.707. The molecule has 2 aromatic carbocycles. The number of hydrogen-bond acceptors (Lipinski definition) is 3. The Morgan fingerprint density at radius 1 is 0.962 bits per heavy atom. The summed E-state index contributed by atoms with van der Waals surface area (Å²) in [6, 6.07) is 22.1. The number of ketones is 1. The van der Waals surface area contributed by atoms with Crippen molar-refractivity contribution >= 4 is 11.7 Å². The molecule has 0 fully saturated rings. The van der Waals surface area contributed by atoms with Crippen LogP contribution in [0.1, 0.15) is 26.5 Å². The van der Waals surface area contributed by atoms with Gasteiger partial charge in [0, 0.05) is 11.1 Å². The summed E-state index contributed by atoms with van der Waals surface area (Å²) in [4.78, 5) is 26.3. The summed E-state index contributed by atoms with van der Waals surface area (Å²) in [5.41, 5.74) is 1.65. The second-order valence-electron chi connectivity index (χ2n) is 6.12. The smallest absolute Gasteiger partial charge is 0.291 e. The Morgan fingerprint density at radius 3 is 2.23 bits per heavy atom. The summed E-state index contributed by atoms with van der Waals surface area (Å²) in [5.74, 6) is -0.362. The molecule has 5 nitrogen and oxygen atoms in total. The largest absolute Gasteiger partial charge is 0.459 e. The average molecular weight is 349 g/mol. The Hall–Kier alpha value is -3.18. The van der Waals surface area contributed by atoms with Crippen LogP contribution >= 0.6 is 0 Å². The van der Waals surface area contributed by atoms with E-state index in [2.05, 4.69) is 5.32 Å². The van der Waals surface area contributed by atoms with Crippen LogP contribution in [0.2, 0.25) is 0 Å². The molecule has 2 atom stereocenters. The maximum absolute atomic E-state index is 13.0. The topological polar surface area (TPSA) is 63.8 Å². The molecule has 0 aliphatic heterocycles. The standard InChI is InChI=1S/C21H20N2O3/c1-23(15-16-9-4-2-5-10-16)20(19(24)17-11-6-3-7-12-17)22-21(25)18-13-8-14-26-18/h2-14,20H,15H2,1H3,(H,22,25)/p+1/t20-/m1/s1. The Kier molecular flexibility index (Phi) is 5.61. The van der Waals surface area contributed by atoms with Crippen LogP contribution in [-0.2, 0) is 6.54 Å². The lowest BCUT2D eigenvalue weighted by Gasteiger charge is -2.24. The van der Waals surface area contributed by atoms with Crippen LogP contribution in [0, 0.1) is 0 Å². The first-order chi connectivity index (χ1) is 12.6. The summed E-state index contributed by atoms with van der Waals surface area (Å²) >= 11 is 0. The van der Waals surface area contributed by atoms with Crippen LogP contribution in [0.25, 0.3) is 0 Å². The normalized spacial score (nSPS) is 13.0. The number of furan rings is 1. The van der Waals surface area contributed by atoms with Gasteiger partial charge in [0.15, 0.2) is 5.76 Å². The molecule has 0 saturated heterocycles. The fourth-order valence-electron chi connectivity index (χ4n) is 2.81. The predicted molar refractivity (Wildman–Crippen MR) is 97.8 cm³/mol. The molecule has 5 heteroatoms. The molecule has 1 amide bonds. The maximum Gasteiger partial charge on any atom is 0.291 e. The SMILES string of the molecule is C[NH+](Cc1ccccc1)[C@@H](NC(=O)c1ccco1)C(=O)c1ccccc1. The number of likely N-dealkylation sites (N-methyl/N-ethyl adjacent to an activating group) is 1. The van der Waals surface area contributed by atoms with Gasteiger partial charge in [-0.05, 0) is 12.1 Å². The van der Waals surface area contributed by atoms with Crippen LogP contribution in [0.5, 0.6) is 0 Å². The Morgan fingerprint density at radius 2 is 1.62 bits per heavy atom. The zero-order chi connectivity index (χ0) is 18.4. The summed E-state index contributed by atoms with van der Waals surface area (Å²) < 4.78 is 5.15. The first-order valence-electron chi connectivity index (χ1n) is 8.45. The van der Waals surface area contributed by atoms with Crippen LogP contribution in [-0.4, -0.2) is 24.9 Å². The first-order valence-corrected chi connectivity index (χ1v) is 8.45. The molecule has 0 aliphatic carbocycles. The van der Waals surface area contributed by atoms with Crippen molar-refractivity contribution in [3.63, 3.8) is 0 Å². The number of carbonyl (C=O) groups excluding carboxylic acids is 2. The van der Waals surface area contributed by atoms with Crippen LogP contribution < -0.4 is 10.2 Å². The first kappa shape index (κ1) is 17.6. The predicted octanol–water partition coefficient (Wildman–Crippen LogP) is 1.93. The molecule has 0 bridgehead atoms. The van der Waals surface area contributed by atoms with E-state index in [1.807, 2.05) is 55.6 Å². The number of nitrogens with one attached hydrogen (secondary N) is 2. The molecular weight excluding hydrogens is 328 g/mol. The van der Waals surface area contributed by atoms with E-state index in [-0.39, 0.29) is 11.5 Å². The molecule has 2 N–H and O–H groups in total. The van der Waals surface area contributed by atoms with Crippen LogP contribution in [0.15, 0.2) is 83.5 Å². The van der Waals surface area contributed by atoms with Gasteiger partial charge in [-0.25, -0.2) is 0 Å². The molecule has 0 radical (unpaired) electrons. The van der Waals surface area contributed by atoms with Crippen molar-refractivity contribution in [3.8, 4) is 0 Å². The van der Waals surface area contributed by atoms with E-state index < -0.39 is 12.1 Å². The summed E-state index contributed by atoms with van der Waals surface area (Å²) in [7, 11) is 1.89. The van der Waals surface area contributed by atoms with E-state index in [0.717, 1.165) is 10.5 Å². The van der Waals surface area contributed by atoms with Crippen molar-refractivity contribution in [2.24, 2.45) is 0 Å². The van der Waals surface area contributed by atoms with Gasteiger partial charge in [-0.3, -0.25) is 14.9 Å². The summed E-state index contributed by atoms with van der Waals surface area (Å²) in [5, 5.41) is 2.82. The number of amides is 1. The third-order valence-corrected chi connectivity index (χ3v) is 4.16. The van der Waals surface area contributed by atoms with Crippen LogP contribution in [0.3, 0.4) is 0 Å². The van der Waals surface area contributed by atoms with Crippen molar-refractivity contribution in [3.05, 3.63) is 95.9 Å². The highest BCUT2D eigenvalue weighted by Gasteiger charge is 2.30. The average Bonchev–Trinajstić information content (AvgIpc) is 3.22. The fourth-order valence-corrected chi connectivity index (χ4v) is 2.81. The third-order valence-electron chi connectivity index (χ3n) is 4.16. The van der Waals surface area contributed by atoms with Crippen molar-refractivity contribution in [1.29, 1.82) is 0 Å². The highest BCUT2D eigenvalue weighted by molar-refractivity contribution is 6.02. The number of rotatable bonds is 7. The quantitative estimate of drug-likeness (QED) is 0.506. The minimum Gasteiger partial charge on any atom is -0.459 e. The molecular formula is C21H21N2O3+. The molecule has 1 aromatic heterocycles. The maximum atomic E-state index is 13.0. The second-order valence-corrected chi connectivity index (χ2v) is 6.12. The molecule has 3 aromatic rings. The number of carbonyl (C=O) groups is 2. The minimum absolute atomic E-state index is 0.140. The number of Topliss-reactive ketones (excluding diaryl/α,β-unsaturated/α-hetero) is 1. The van der Waals surface area contributed by atoms with Crippen LogP contribution in [0.4, 0.5) is 0 Å². The van der Waals surface area contributed by atoms with E-state index in [1.54, 1.807) is 24.3 Å². The van der Waals surface area contributed by atoms with Gasteiger partial charge in [-0.2, -0.15) is 0 Å². The zero-order valence-electron chi connectivity index (χ0n) is 14.5. The van der Waals surface area contributed by atoms with Gasteiger partial charge in [0.05, 0.1) is 13.3 Å². The van der Waals surface area contributed by atoms with Gasteiger partial charge < -0.3 is 9.32 Å². The van der Waals surface area contributed by atoms with Crippen molar-refractivity contribution in [2.45, 2.75) is 12.7 Å². The lowest BCUT2D eigenvalue weighted by atomic mass is 10.1. The van der Waals surface area contributed by atoms with Gasteiger partial charge in [0.25, 0.3) is 5.91 Å². The van der Waals surface area contributed by atoms with E-state index >= 15 is 0 Å². The lowest BCUT2D eigenvalue weighted by molar-refractivity contribution is -0.911. The molecule has 0 saturated carbocycles. The Bertz CT molecular complexity index is 845. The highest BCUT2D eigenvalue weighted by Crippen LogP contribution is 2.04. The molecule has 0 spiro atoms.